The largest absolute Gasteiger partial charge is 0.347 e. The van der Waals surface area contributed by atoms with Crippen LogP contribution in [-0.4, -0.2) is 29.4 Å². The van der Waals surface area contributed by atoms with E-state index in [4.69, 9.17) is 0 Å². The van der Waals surface area contributed by atoms with E-state index in [1.54, 1.807) is 42.5 Å². The molecular weight excluding hydrogens is 458 g/mol. The third-order valence-electron chi connectivity index (χ3n) is 5.61. The van der Waals surface area contributed by atoms with Crippen molar-refractivity contribution in [2.75, 3.05) is 16.4 Å². The molecule has 176 valence electrons. The van der Waals surface area contributed by atoms with Gasteiger partial charge in [0.05, 0.1) is 17.9 Å². The van der Waals surface area contributed by atoms with Gasteiger partial charge < -0.3 is 16.4 Å². The van der Waals surface area contributed by atoms with Crippen LogP contribution in [0.5, 0.6) is 0 Å². The molecule has 6 nitrogen and oxygen atoms in total. The number of thiol groups is 1. The van der Waals surface area contributed by atoms with Crippen molar-refractivity contribution in [3.8, 4) is 0 Å². The van der Waals surface area contributed by atoms with E-state index in [1.807, 2.05) is 48.5 Å². The van der Waals surface area contributed by atoms with Gasteiger partial charge in [-0.2, -0.15) is 12.6 Å². The molecule has 4 aromatic carbocycles. The summed E-state index contributed by atoms with van der Waals surface area (Å²) in [6, 6.07) is 27.0. The summed E-state index contributed by atoms with van der Waals surface area (Å²) in [4.78, 5) is 38.5. The van der Waals surface area contributed by atoms with Gasteiger partial charge in [0.1, 0.15) is 0 Å². The molecule has 2 amide bonds. The first-order chi connectivity index (χ1) is 16.9. The van der Waals surface area contributed by atoms with E-state index in [9.17, 15) is 14.4 Å². The van der Waals surface area contributed by atoms with Crippen LogP contribution in [0.25, 0.3) is 10.8 Å². The molecule has 0 unspecified atom stereocenters. The summed E-state index contributed by atoms with van der Waals surface area (Å²) in [7, 11) is 0. The van der Waals surface area contributed by atoms with Crippen molar-refractivity contribution >= 4 is 52.4 Å². The number of anilines is 2. The van der Waals surface area contributed by atoms with Gasteiger partial charge in [0.25, 0.3) is 5.91 Å². The number of carbonyl (C=O) groups is 3. The molecule has 0 radical (unpaired) electrons. The molecule has 0 spiro atoms. The van der Waals surface area contributed by atoms with E-state index in [0.717, 1.165) is 16.3 Å². The first-order valence-electron chi connectivity index (χ1n) is 11.2. The number of ketones is 1. The van der Waals surface area contributed by atoms with Gasteiger partial charge >= 0.3 is 0 Å². The molecule has 0 aliphatic carbocycles. The minimum atomic E-state index is -0.534. The maximum atomic E-state index is 13.3. The average molecular weight is 485 g/mol. The highest BCUT2D eigenvalue weighted by atomic mass is 32.1. The molecule has 0 bridgehead atoms. The Labute approximate surface area is 208 Å². The van der Waals surface area contributed by atoms with Crippen LogP contribution in [0.2, 0.25) is 0 Å². The zero-order valence-corrected chi connectivity index (χ0v) is 19.9. The minimum absolute atomic E-state index is 0.160. The quantitative estimate of drug-likeness (QED) is 0.226. The number of nitrogens with one attached hydrogen (secondary N) is 2. The van der Waals surface area contributed by atoms with E-state index in [0.29, 0.717) is 22.7 Å². The smallest absolute Gasteiger partial charge is 0.283 e. The SMILES string of the molecule is [NH3+][C@@H](CS)C(=O)Nc1ccc(NC(=O)Cc2ccc3ccccc3c2)c(C(=O)c2ccccc2)c1. The van der Waals surface area contributed by atoms with Gasteiger partial charge in [-0.05, 0) is 34.5 Å². The van der Waals surface area contributed by atoms with Gasteiger partial charge in [-0.25, -0.2) is 0 Å². The van der Waals surface area contributed by atoms with Crippen molar-refractivity contribution in [3.63, 3.8) is 0 Å². The van der Waals surface area contributed by atoms with Crippen LogP contribution in [0, 0.1) is 0 Å². The van der Waals surface area contributed by atoms with E-state index in [1.165, 1.54) is 0 Å². The molecule has 5 N–H and O–H groups in total. The zero-order chi connectivity index (χ0) is 24.8. The maximum absolute atomic E-state index is 13.3. The Morgan fingerprint density at radius 3 is 2.26 bits per heavy atom. The normalized spacial score (nSPS) is 11.6. The van der Waals surface area contributed by atoms with Gasteiger partial charge in [0, 0.05) is 16.8 Å². The number of benzene rings is 4. The predicted octanol–water partition coefficient (Wildman–Crippen LogP) is 3.73. The van der Waals surface area contributed by atoms with Gasteiger partial charge in [0.15, 0.2) is 11.8 Å². The lowest BCUT2D eigenvalue weighted by atomic mass is 10.0. The molecule has 0 heterocycles. The molecule has 0 fully saturated rings. The Hall–Kier alpha value is -3.94. The Morgan fingerprint density at radius 2 is 1.51 bits per heavy atom. The van der Waals surface area contributed by atoms with Crippen molar-refractivity contribution in [1.82, 2.24) is 0 Å². The third-order valence-corrected chi connectivity index (χ3v) is 6.05. The maximum Gasteiger partial charge on any atom is 0.283 e. The predicted molar refractivity (Wildman–Crippen MR) is 142 cm³/mol. The molecular formula is C28H26N3O3S+. The van der Waals surface area contributed by atoms with Gasteiger partial charge in [-0.15, -0.1) is 0 Å². The van der Waals surface area contributed by atoms with Crippen molar-refractivity contribution in [1.29, 1.82) is 0 Å². The molecule has 0 aliphatic rings. The van der Waals surface area contributed by atoms with Crippen molar-refractivity contribution in [2.45, 2.75) is 12.5 Å². The molecule has 1 atom stereocenters. The summed E-state index contributed by atoms with van der Waals surface area (Å²) >= 11 is 4.11. The number of carbonyl (C=O) groups excluding carboxylic acids is 3. The summed E-state index contributed by atoms with van der Waals surface area (Å²) in [5.41, 5.74) is 6.21. The van der Waals surface area contributed by atoms with E-state index >= 15 is 0 Å². The molecule has 4 aromatic rings. The number of quaternary nitrogens is 1. The van der Waals surface area contributed by atoms with E-state index < -0.39 is 6.04 Å². The van der Waals surface area contributed by atoms with Crippen LogP contribution < -0.4 is 16.4 Å². The fourth-order valence-corrected chi connectivity index (χ4v) is 3.89. The molecule has 0 saturated carbocycles. The van der Waals surface area contributed by atoms with Crippen LogP contribution in [0.15, 0.2) is 91.0 Å². The van der Waals surface area contributed by atoms with Crippen LogP contribution >= 0.6 is 12.6 Å². The lowest BCUT2D eigenvalue weighted by Crippen LogP contribution is -2.67. The van der Waals surface area contributed by atoms with Crippen molar-refractivity contribution in [3.05, 3.63) is 108 Å². The highest BCUT2D eigenvalue weighted by Crippen LogP contribution is 2.25. The minimum Gasteiger partial charge on any atom is -0.347 e. The summed E-state index contributed by atoms with van der Waals surface area (Å²) in [6.45, 7) is 0. The van der Waals surface area contributed by atoms with Crippen molar-refractivity contribution < 1.29 is 20.1 Å². The van der Waals surface area contributed by atoms with Crippen LogP contribution in [0.4, 0.5) is 11.4 Å². The second-order valence-corrected chi connectivity index (χ2v) is 8.60. The topological polar surface area (TPSA) is 103 Å². The van der Waals surface area contributed by atoms with Gasteiger partial charge in [-0.3, -0.25) is 14.4 Å². The summed E-state index contributed by atoms with van der Waals surface area (Å²) in [5.74, 6) is -0.508. The molecule has 0 aromatic heterocycles. The van der Waals surface area contributed by atoms with Gasteiger partial charge in [-0.1, -0.05) is 72.8 Å². The fourth-order valence-electron chi connectivity index (χ4n) is 3.72. The molecule has 0 aliphatic heterocycles. The number of amides is 2. The van der Waals surface area contributed by atoms with Crippen LogP contribution in [-0.2, 0) is 16.0 Å². The zero-order valence-electron chi connectivity index (χ0n) is 19.0. The van der Waals surface area contributed by atoms with Crippen LogP contribution in [0.1, 0.15) is 21.5 Å². The number of fused-ring (bicyclic) bond motifs is 1. The Balaban J connectivity index is 1.59. The summed E-state index contributed by atoms with van der Waals surface area (Å²) in [5, 5.41) is 7.80. The van der Waals surface area contributed by atoms with E-state index in [-0.39, 0.29) is 29.6 Å². The highest BCUT2D eigenvalue weighted by Gasteiger charge is 2.19. The lowest BCUT2D eigenvalue weighted by Gasteiger charge is -2.14. The van der Waals surface area contributed by atoms with Gasteiger partial charge in [0.2, 0.25) is 5.91 Å². The summed E-state index contributed by atoms with van der Waals surface area (Å²) < 4.78 is 0. The Morgan fingerprint density at radius 1 is 0.800 bits per heavy atom. The fraction of sp³-hybridized carbons (Fsp3) is 0.107. The molecule has 4 rings (SSSR count). The summed E-state index contributed by atoms with van der Waals surface area (Å²) in [6.07, 6.45) is 0.160. The highest BCUT2D eigenvalue weighted by molar-refractivity contribution is 7.80. The lowest BCUT2D eigenvalue weighted by molar-refractivity contribution is -0.395. The Kier molecular flexibility index (Phi) is 7.60. The number of hydrogen-bond donors (Lipinski definition) is 4. The molecule has 0 saturated heterocycles. The monoisotopic (exact) mass is 484 g/mol. The Bertz CT molecular complexity index is 1390. The third kappa shape index (κ3) is 5.95. The average Bonchev–Trinajstić information content (AvgIpc) is 2.89. The second-order valence-electron chi connectivity index (χ2n) is 8.23. The first kappa shape index (κ1) is 24.2. The van der Waals surface area contributed by atoms with E-state index in [2.05, 4.69) is 29.0 Å². The number of hydrogen-bond acceptors (Lipinski definition) is 4. The molecule has 35 heavy (non-hydrogen) atoms. The first-order valence-corrected chi connectivity index (χ1v) is 11.8. The standard InChI is InChI=1S/C28H25N3O3S/c29-24(17-35)28(34)30-22-12-13-25(23(16-22)27(33)20-7-2-1-3-8-20)31-26(32)15-18-10-11-19-6-4-5-9-21(19)14-18/h1-14,16,24,35H,15,17,29H2,(H,30,34)(H,31,32)/p+1/t24-/m0/s1. The van der Waals surface area contributed by atoms with Crippen molar-refractivity contribution in [2.24, 2.45) is 0 Å². The van der Waals surface area contributed by atoms with Crippen LogP contribution in [0.3, 0.4) is 0 Å². The number of rotatable bonds is 8. The second kappa shape index (κ2) is 11.0. The molecule has 7 heteroatoms.